The second kappa shape index (κ2) is 9.67. The number of nitrogens with zero attached hydrogens (tertiary/aromatic N) is 1. The topological polar surface area (TPSA) is 103 Å². The fraction of sp³-hybridized carbons (Fsp3) is 0.172. The van der Waals surface area contributed by atoms with Crippen LogP contribution in [0.15, 0.2) is 69.9 Å². The molecule has 0 saturated heterocycles. The summed E-state index contributed by atoms with van der Waals surface area (Å²) in [5, 5.41) is -0.231. The molecule has 0 radical (unpaired) electrons. The summed E-state index contributed by atoms with van der Waals surface area (Å²) in [4.78, 5) is 52.0. The number of halogens is 3. The minimum Gasteiger partial charge on any atom is -0.449 e. The Balaban J connectivity index is 1.48. The average Bonchev–Trinajstić information content (AvgIpc) is 3.14. The minimum atomic E-state index is -5.07. The van der Waals surface area contributed by atoms with Crippen LogP contribution < -0.4 is 14.9 Å². The van der Waals surface area contributed by atoms with Gasteiger partial charge in [-0.05, 0) is 68.8 Å². The Morgan fingerprint density at radius 2 is 1.62 bits per heavy atom. The van der Waals surface area contributed by atoms with Crippen molar-refractivity contribution >= 4 is 28.8 Å². The third kappa shape index (κ3) is 4.70. The standard InChI is InChI=1S/C29H20F3NO7/c1-14(2)33-26(35)19-9-7-16(12-21(19)27(33)36)28(37)39-18-8-10-20-22(13-18)40-25(29(30,31)32)24(23(20)34)38-17-6-4-5-15(3)11-17/h4-14H,1-3H3. The molecule has 3 aromatic carbocycles. The van der Waals surface area contributed by atoms with Crippen LogP contribution >= 0.6 is 0 Å². The summed E-state index contributed by atoms with van der Waals surface area (Å²) in [7, 11) is 0. The van der Waals surface area contributed by atoms with Crippen molar-refractivity contribution in [2.75, 3.05) is 0 Å². The molecule has 0 aliphatic carbocycles. The molecule has 2 heterocycles. The summed E-state index contributed by atoms with van der Waals surface area (Å²) in [6.07, 6.45) is -5.07. The summed E-state index contributed by atoms with van der Waals surface area (Å²) in [5.41, 5.74) is -0.727. The van der Waals surface area contributed by atoms with Crippen LogP contribution in [0.3, 0.4) is 0 Å². The lowest BCUT2D eigenvalue weighted by atomic mass is 10.1. The molecule has 5 rings (SSSR count). The van der Waals surface area contributed by atoms with Gasteiger partial charge in [-0.15, -0.1) is 0 Å². The van der Waals surface area contributed by atoms with E-state index in [-0.39, 0.29) is 39.6 Å². The van der Waals surface area contributed by atoms with Gasteiger partial charge in [-0.1, -0.05) is 12.1 Å². The summed E-state index contributed by atoms with van der Waals surface area (Å²) in [6, 6.07) is 13.0. The first-order valence-corrected chi connectivity index (χ1v) is 12.0. The van der Waals surface area contributed by atoms with E-state index in [0.29, 0.717) is 5.56 Å². The number of aryl methyl sites for hydroxylation is 1. The second-order valence-corrected chi connectivity index (χ2v) is 9.39. The Labute approximate surface area is 224 Å². The number of benzene rings is 3. The predicted molar refractivity (Wildman–Crippen MR) is 136 cm³/mol. The number of ether oxygens (including phenoxy) is 2. The molecule has 1 aliphatic rings. The number of hydrogen-bond donors (Lipinski definition) is 0. The van der Waals surface area contributed by atoms with E-state index >= 15 is 0 Å². The zero-order valence-electron chi connectivity index (χ0n) is 21.3. The van der Waals surface area contributed by atoms with Crippen LogP contribution in [0.25, 0.3) is 11.0 Å². The largest absolute Gasteiger partial charge is 0.453 e. The number of imide groups is 1. The van der Waals surface area contributed by atoms with Crippen molar-refractivity contribution in [3.8, 4) is 17.2 Å². The third-order valence-electron chi connectivity index (χ3n) is 6.17. The van der Waals surface area contributed by atoms with E-state index in [1.165, 1.54) is 36.4 Å². The summed E-state index contributed by atoms with van der Waals surface area (Å²) in [5.74, 6) is -4.84. The van der Waals surface area contributed by atoms with E-state index in [2.05, 4.69) is 0 Å². The van der Waals surface area contributed by atoms with Gasteiger partial charge in [-0.3, -0.25) is 19.3 Å². The molecular weight excluding hydrogens is 531 g/mol. The maximum atomic E-state index is 13.9. The number of alkyl halides is 3. The van der Waals surface area contributed by atoms with Gasteiger partial charge in [0, 0.05) is 12.1 Å². The molecule has 0 unspecified atom stereocenters. The van der Waals surface area contributed by atoms with Crippen molar-refractivity contribution in [2.24, 2.45) is 0 Å². The molecule has 8 nitrogen and oxygen atoms in total. The van der Waals surface area contributed by atoms with Gasteiger partial charge in [0.25, 0.3) is 17.6 Å². The van der Waals surface area contributed by atoms with Crippen LogP contribution in [-0.2, 0) is 6.18 Å². The molecule has 1 aromatic heterocycles. The maximum Gasteiger partial charge on any atom is 0.453 e. The molecule has 1 aliphatic heterocycles. The normalized spacial score (nSPS) is 13.2. The van der Waals surface area contributed by atoms with Crippen LogP contribution in [0.4, 0.5) is 13.2 Å². The summed E-state index contributed by atoms with van der Waals surface area (Å²) < 4.78 is 57.3. The van der Waals surface area contributed by atoms with Gasteiger partial charge in [0.2, 0.25) is 11.2 Å². The van der Waals surface area contributed by atoms with Crippen molar-refractivity contribution in [2.45, 2.75) is 33.0 Å². The van der Waals surface area contributed by atoms with Crippen molar-refractivity contribution in [3.63, 3.8) is 0 Å². The predicted octanol–water partition coefficient (Wildman–Crippen LogP) is 6.14. The molecule has 0 spiro atoms. The van der Waals surface area contributed by atoms with E-state index in [4.69, 9.17) is 13.9 Å². The van der Waals surface area contributed by atoms with Crippen LogP contribution in [-0.4, -0.2) is 28.7 Å². The highest BCUT2D eigenvalue weighted by Gasteiger charge is 2.41. The Hall–Kier alpha value is -4.93. The van der Waals surface area contributed by atoms with E-state index in [0.717, 1.165) is 17.0 Å². The third-order valence-corrected chi connectivity index (χ3v) is 6.17. The molecule has 0 saturated carbocycles. The van der Waals surface area contributed by atoms with Gasteiger partial charge in [-0.25, -0.2) is 4.79 Å². The number of carbonyl (C=O) groups excluding carboxylic acids is 3. The van der Waals surface area contributed by atoms with E-state index in [9.17, 15) is 32.3 Å². The lowest BCUT2D eigenvalue weighted by Gasteiger charge is -2.17. The van der Waals surface area contributed by atoms with Crippen LogP contribution in [0.1, 0.15) is 56.2 Å². The second-order valence-electron chi connectivity index (χ2n) is 9.39. The smallest absolute Gasteiger partial charge is 0.449 e. The van der Waals surface area contributed by atoms with Gasteiger partial charge in [0.15, 0.2) is 0 Å². The molecule has 2 amide bonds. The van der Waals surface area contributed by atoms with E-state index in [1.807, 2.05) is 0 Å². The molecule has 4 aromatic rings. The Kier molecular flexibility index (Phi) is 6.45. The number of amides is 2. The summed E-state index contributed by atoms with van der Waals surface area (Å²) >= 11 is 0. The average molecular weight is 551 g/mol. The first kappa shape index (κ1) is 26.7. The molecule has 11 heteroatoms. The van der Waals surface area contributed by atoms with Crippen LogP contribution in [0.2, 0.25) is 0 Å². The SMILES string of the molecule is Cc1cccc(Oc2c(C(F)(F)F)oc3cc(OC(=O)c4ccc5c(c4)C(=O)N(C(C)C)C5=O)ccc3c2=O)c1. The first-order chi connectivity index (χ1) is 18.8. The number of carbonyl (C=O) groups is 3. The van der Waals surface area contributed by atoms with Crippen LogP contribution in [0.5, 0.6) is 17.2 Å². The number of fused-ring (bicyclic) bond motifs is 2. The number of rotatable bonds is 5. The monoisotopic (exact) mass is 551 g/mol. The van der Waals surface area contributed by atoms with Crippen LogP contribution in [0, 0.1) is 6.92 Å². The molecule has 0 N–H and O–H groups in total. The van der Waals surface area contributed by atoms with Gasteiger partial charge in [0.05, 0.1) is 22.1 Å². The number of esters is 1. The molecular formula is C29H20F3NO7. The fourth-order valence-electron chi connectivity index (χ4n) is 4.32. The van der Waals surface area contributed by atoms with Crippen molar-refractivity contribution in [3.05, 3.63) is 98.9 Å². The lowest BCUT2D eigenvalue weighted by Crippen LogP contribution is -2.35. The first-order valence-electron chi connectivity index (χ1n) is 12.0. The Bertz CT molecular complexity index is 1770. The van der Waals surface area contributed by atoms with E-state index < -0.39 is 46.5 Å². The van der Waals surface area contributed by atoms with Gasteiger partial charge < -0.3 is 13.9 Å². The molecule has 0 fully saturated rings. The van der Waals surface area contributed by atoms with E-state index in [1.54, 1.807) is 32.9 Å². The fourth-order valence-corrected chi connectivity index (χ4v) is 4.32. The van der Waals surface area contributed by atoms with Crippen molar-refractivity contribution < 1.29 is 41.4 Å². The van der Waals surface area contributed by atoms with Crippen molar-refractivity contribution in [1.82, 2.24) is 4.90 Å². The Morgan fingerprint density at radius 3 is 2.30 bits per heavy atom. The minimum absolute atomic E-state index is 0.0220. The zero-order chi connectivity index (χ0) is 28.9. The molecule has 40 heavy (non-hydrogen) atoms. The maximum absolute atomic E-state index is 13.9. The lowest BCUT2D eigenvalue weighted by molar-refractivity contribution is -0.154. The highest BCUT2D eigenvalue weighted by molar-refractivity contribution is 6.22. The zero-order valence-corrected chi connectivity index (χ0v) is 21.3. The molecule has 0 atom stereocenters. The molecule has 204 valence electrons. The number of hydrogen-bond acceptors (Lipinski definition) is 7. The summed E-state index contributed by atoms with van der Waals surface area (Å²) in [6.45, 7) is 5.07. The molecule has 0 bridgehead atoms. The highest BCUT2D eigenvalue weighted by atomic mass is 19.4. The van der Waals surface area contributed by atoms with Gasteiger partial charge in [0.1, 0.15) is 17.1 Å². The highest BCUT2D eigenvalue weighted by Crippen LogP contribution is 2.39. The Morgan fingerprint density at radius 1 is 0.900 bits per heavy atom. The van der Waals surface area contributed by atoms with Gasteiger partial charge in [-0.2, -0.15) is 13.2 Å². The van der Waals surface area contributed by atoms with Crippen molar-refractivity contribution in [1.29, 1.82) is 0 Å². The quantitative estimate of drug-likeness (QED) is 0.167. The van der Waals surface area contributed by atoms with Gasteiger partial charge >= 0.3 is 12.1 Å².